The van der Waals surface area contributed by atoms with E-state index in [1.165, 1.54) is 0 Å². The lowest BCUT2D eigenvalue weighted by molar-refractivity contribution is -0.117. The predicted molar refractivity (Wildman–Crippen MR) is 129 cm³/mol. The summed E-state index contributed by atoms with van der Waals surface area (Å²) in [6.07, 6.45) is 5.13. The van der Waals surface area contributed by atoms with Gasteiger partial charge in [0.15, 0.2) is 0 Å². The van der Waals surface area contributed by atoms with Gasteiger partial charge in [-0.25, -0.2) is 5.43 Å². The lowest BCUT2D eigenvalue weighted by atomic mass is 10.1. The van der Waals surface area contributed by atoms with Gasteiger partial charge in [0.2, 0.25) is 0 Å². The van der Waals surface area contributed by atoms with Gasteiger partial charge in [-0.3, -0.25) is 9.59 Å². The number of rotatable bonds is 8. The fraction of sp³-hybridized carbons (Fsp3) is 0.0800. The smallest absolute Gasteiger partial charge is 0.287 e. The highest BCUT2D eigenvalue weighted by Crippen LogP contribution is 2.15. The Morgan fingerprint density at radius 3 is 2.19 bits per heavy atom. The minimum Gasteiger partial charge on any atom is -0.497 e. The molecule has 0 bridgehead atoms. The van der Waals surface area contributed by atoms with Gasteiger partial charge in [0.25, 0.3) is 11.8 Å². The lowest BCUT2D eigenvalue weighted by Gasteiger charge is -2.09. The number of ether oxygens (including phenoxy) is 1. The first-order valence-electron chi connectivity index (χ1n) is 9.78. The molecule has 2 amide bonds. The normalized spacial score (nSPS) is 11.2. The highest BCUT2D eigenvalue weighted by molar-refractivity contribution is 7.98. The molecule has 0 aliphatic heterocycles. The maximum absolute atomic E-state index is 12.8. The van der Waals surface area contributed by atoms with Crippen LogP contribution >= 0.6 is 11.8 Å². The molecule has 0 atom stereocenters. The summed E-state index contributed by atoms with van der Waals surface area (Å²) < 4.78 is 5.16. The Kier molecular flexibility index (Phi) is 8.22. The van der Waals surface area contributed by atoms with Gasteiger partial charge in [-0.1, -0.05) is 42.5 Å². The first-order valence-corrected chi connectivity index (χ1v) is 11.0. The maximum atomic E-state index is 12.8. The van der Waals surface area contributed by atoms with Crippen molar-refractivity contribution in [3.05, 3.63) is 101 Å². The summed E-state index contributed by atoms with van der Waals surface area (Å²) in [4.78, 5) is 26.5. The van der Waals surface area contributed by atoms with Crippen molar-refractivity contribution in [3.8, 4) is 5.75 Å². The number of carbonyl (C=O) groups excluding carboxylic acids is 2. The second-order valence-corrected chi connectivity index (χ2v) is 7.50. The van der Waals surface area contributed by atoms with Crippen LogP contribution in [0, 0.1) is 0 Å². The molecule has 3 rings (SSSR count). The van der Waals surface area contributed by atoms with Crippen LogP contribution in [0.25, 0.3) is 6.08 Å². The number of nitrogens with zero attached hydrogens (tertiary/aromatic N) is 1. The zero-order valence-corrected chi connectivity index (χ0v) is 18.6. The minimum absolute atomic E-state index is 0.0684. The maximum Gasteiger partial charge on any atom is 0.287 e. The van der Waals surface area contributed by atoms with Crippen LogP contribution in [-0.4, -0.2) is 31.4 Å². The van der Waals surface area contributed by atoms with E-state index in [1.54, 1.807) is 79.7 Å². The van der Waals surface area contributed by atoms with Crippen molar-refractivity contribution < 1.29 is 14.3 Å². The molecule has 0 aromatic heterocycles. The van der Waals surface area contributed by atoms with Crippen LogP contribution in [0.5, 0.6) is 5.75 Å². The Balaban J connectivity index is 1.78. The molecule has 0 saturated heterocycles. The molecule has 0 spiro atoms. The number of amides is 2. The molecule has 162 valence electrons. The summed E-state index contributed by atoms with van der Waals surface area (Å²) >= 11 is 1.65. The summed E-state index contributed by atoms with van der Waals surface area (Å²) in [7, 11) is 1.58. The first-order chi connectivity index (χ1) is 15.6. The van der Waals surface area contributed by atoms with Gasteiger partial charge in [-0.15, -0.1) is 11.8 Å². The fourth-order valence-corrected chi connectivity index (χ4v) is 3.13. The van der Waals surface area contributed by atoms with E-state index in [2.05, 4.69) is 15.8 Å². The Hall–Kier alpha value is -3.84. The van der Waals surface area contributed by atoms with E-state index in [0.717, 1.165) is 16.0 Å². The number of thioether (sulfide) groups is 1. The lowest BCUT2D eigenvalue weighted by Crippen LogP contribution is -2.32. The minimum atomic E-state index is -0.540. The summed E-state index contributed by atoms with van der Waals surface area (Å²) in [6, 6.07) is 23.6. The van der Waals surface area contributed by atoms with Gasteiger partial charge in [0.1, 0.15) is 11.4 Å². The average Bonchev–Trinajstić information content (AvgIpc) is 2.85. The van der Waals surface area contributed by atoms with E-state index in [-0.39, 0.29) is 5.70 Å². The molecule has 0 fully saturated rings. The molecule has 0 radical (unpaired) electrons. The second-order valence-electron chi connectivity index (χ2n) is 6.62. The fourth-order valence-electron chi connectivity index (χ4n) is 2.72. The Morgan fingerprint density at radius 1 is 0.906 bits per heavy atom. The summed E-state index contributed by atoms with van der Waals surface area (Å²) in [5.74, 6) is -0.238. The molecule has 3 aromatic carbocycles. The first kappa shape index (κ1) is 22.8. The van der Waals surface area contributed by atoms with Gasteiger partial charge in [0, 0.05) is 10.5 Å². The van der Waals surface area contributed by atoms with Crippen molar-refractivity contribution in [1.82, 2.24) is 10.7 Å². The van der Waals surface area contributed by atoms with Crippen molar-refractivity contribution in [2.24, 2.45) is 5.10 Å². The van der Waals surface area contributed by atoms with E-state index in [4.69, 9.17) is 4.74 Å². The van der Waals surface area contributed by atoms with Crippen molar-refractivity contribution in [2.45, 2.75) is 4.90 Å². The van der Waals surface area contributed by atoms with Gasteiger partial charge in [-0.05, 0) is 59.9 Å². The highest BCUT2D eigenvalue weighted by Gasteiger charge is 2.14. The van der Waals surface area contributed by atoms with Gasteiger partial charge >= 0.3 is 0 Å². The van der Waals surface area contributed by atoms with Gasteiger partial charge < -0.3 is 10.1 Å². The Bertz CT molecular complexity index is 1110. The summed E-state index contributed by atoms with van der Waals surface area (Å²) in [6.45, 7) is 0. The molecule has 3 aromatic rings. The molecule has 6 nitrogen and oxygen atoms in total. The number of hydrazone groups is 1. The molecular weight excluding hydrogens is 422 g/mol. The van der Waals surface area contributed by atoms with E-state index < -0.39 is 11.8 Å². The van der Waals surface area contributed by atoms with Crippen molar-refractivity contribution in [2.75, 3.05) is 13.4 Å². The predicted octanol–water partition coefficient (Wildman–Crippen LogP) is 4.34. The number of benzene rings is 3. The molecule has 0 unspecified atom stereocenters. The third-order valence-electron chi connectivity index (χ3n) is 4.45. The molecule has 0 heterocycles. The van der Waals surface area contributed by atoms with Crippen LogP contribution < -0.4 is 15.5 Å². The average molecular weight is 446 g/mol. The molecule has 32 heavy (non-hydrogen) atoms. The largest absolute Gasteiger partial charge is 0.497 e. The van der Waals surface area contributed by atoms with Gasteiger partial charge in [0.05, 0.1) is 13.3 Å². The van der Waals surface area contributed by atoms with Gasteiger partial charge in [-0.2, -0.15) is 5.10 Å². The summed E-state index contributed by atoms with van der Waals surface area (Å²) in [5, 5.41) is 6.70. The second kappa shape index (κ2) is 11.5. The quantitative estimate of drug-likeness (QED) is 0.234. The topological polar surface area (TPSA) is 79.8 Å². The van der Waals surface area contributed by atoms with E-state index in [1.807, 2.05) is 36.6 Å². The van der Waals surface area contributed by atoms with E-state index in [9.17, 15) is 9.59 Å². The summed E-state index contributed by atoms with van der Waals surface area (Å²) in [5.41, 5.74) is 4.56. The molecule has 0 saturated carbocycles. The van der Waals surface area contributed by atoms with Crippen molar-refractivity contribution >= 4 is 35.9 Å². The van der Waals surface area contributed by atoms with Crippen molar-refractivity contribution in [3.63, 3.8) is 0 Å². The standard InChI is InChI=1S/C25H23N3O3S/c1-31-21-12-8-18(9-13-21)16-23(27-24(29)20-6-4-3-5-7-20)25(30)28-26-17-19-10-14-22(32-2)15-11-19/h3-17H,1-2H3,(H,27,29)(H,28,30). The SMILES string of the molecule is COc1ccc(C=C(NC(=O)c2ccccc2)C(=O)NN=Cc2ccc(SC)cc2)cc1. The highest BCUT2D eigenvalue weighted by atomic mass is 32.2. The molecule has 0 aliphatic rings. The number of hydrogen-bond donors (Lipinski definition) is 2. The Labute approximate surface area is 191 Å². The van der Waals surface area contributed by atoms with Crippen LogP contribution in [0.4, 0.5) is 0 Å². The molecule has 0 aliphatic carbocycles. The zero-order chi connectivity index (χ0) is 22.8. The monoisotopic (exact) mass is 445 g/mol. The van der Waals surface area contributed by atoms with Crippen LogP contribution in [0.3, 0.4) is 0 Å². The number of nitrogens with one attached hydrogen (secondary N) is 2. The number of carbonyl (C=O) groups is 2. The zero-order valence-electron chi connectivity index (χ0n) is 17.7. The Morgan fingerprint density at radius 2 is 1.56 bits per heavy atom. The van der Waals surface area contributed by atoms with E-state index in [0.29, 0.717) is 11.3 Å². The molecule has 7 heteroatoms. The number of hydrogen-bond acceptors (Lipinski definition) is 5. The number of methoxy groups -OCH3 is 1. The van der Waals surface area contributed by atoms with Crippen LogP contribution in [-0.2, 0) is 4.79 Å². The molecule has 2 N–H and O–H groups in total. The molecular formula is C25H23N3O3S. The van der Waals surface area contributed by atoms with Crippen LogP contribution in [0.2, 0.25) is 0 Å². The van der Waals surface area contributed by atoms with Crippen LogP contribution in [0.1, 0.15) is 21.5 Å². The van der Waals surface area contributed by atoms with Crippen LogP contribution in [0.15, 0.2) is 94.6 Å². The van der Waals surface area contributed by atoms with E-state index >= 15 is 0 Å². The van der Waals surface area contributed by atoms with Crippen molar-refractivity contribution in [1.29, 1.82) is 0 Å². The third-order valence-corrected chi connectivity index (χ3v) is 5.19. The third kappa shape index (κ3) is 6.58.